The molecule has 24 heavy (non-hydrogen) atoms. The van der Waals surface area contributed by atoms with Crippen molar-refractivity contribution >= 4 is 33.1 Å². The topological polar surface area (TPSA) is 73.6 Å². The first-order chi connectivity index (χ1) is 11.5. The van der Waals surface area contributed by atoms with Gasteiger partial charge < -0.3 is 4.74 Å². The number of aryl methyl sites for hydroxylation is 1. The Kier molecular flexibility index (Phi) is 5.06. The van der Waals surface area contributed by atoms with Gasteiger partial charge in [0.15, 0.2) is 0 Å². The lowest BCUT2D eigenvalue weighted by molar-refractivity contribution is -0.140. The van der Waals surface area contributed by atoms with Crippen molar-refractivity contribution in [3.63, 3.8) is 0 Å². The molecule has 0 aliphatic heterocycles. The van der Waals surface area contributed by atoms with Crippen molar-refractivity contribution in [2.24, 2.45) is 0 Å². The molecule has 0 saturated carbocycles. The average Bonchev–Trinajstić information content (AvgIpc) is 3.10. The quantitative estimate of drug-likeness (QED) is 0.497. The van der Waals surface area contributed by atoms with Gasteiger partial charge in [-0.2, -0.15) is 0 Å². The minimum Gasteiger partial charge on any atom is -0.466 e. The van der Waals surface area contributed by atoms with Crippen LogP contribution < -0.4 is 0 Å². The molecule has 1 atom stereocenters. The molecule has 0 spiro atoms. The summed E-state index contributed by atoms with van der Waals surface area (Å²) in [6.07, 6.45) is 2.39. The lowest BCUT2D eigenvalue weighted by atomic mass is 10.1. The maximum absolute atomic E-state index is 12.2. The van der Waals surface area contributed by atoms with Crippen LogP contribution in [-0.4, -0.2) is 37.1 Å². The molecule has 0 aliphatic rings. The summed E-state index contributed by atoms with van der Waals surface area (Å²) in [7, 11) is -1.21. The van der Waals surface area contributed by atoms with Gasteiger partial charge in [0.05, 0.1) is 29.3 Å². The van der Waals surface area contributed by atoms with Crippen LogP contribution in [0.2, 0.25) is 0 Å². The van der Waals surface area contributed by atoms with E-state index < -0.39 is 10.8 Å². The minimum atomic E-state index is -1.21. The fourth-order valence-corrected chi connectivity index (χ4v) is 4.33. The number of hydrogen-bond acceptors (Lipinski definition) is 6. The Morgan fingerprint density at radius 3 is 2.75 bits per heavy atom. The predicted octanol–water partition coefficient (Wildman–Crippen LogP) is 2.83. The summed E-state index contributed by atoms with van der Waals surface area (Å²) >= 11 is 1.32. The van der Waals surface area contributed by atoms with E-state index in [2.05, 4.69) is 10.1 Å². The van der Waals surface area contributed by atoms with Gasteiger partial charge in [0.1, 0.15) is 0 Å². The van der Waals surface area contributed by atoms with Gasteiger partial charge in [-0.3, -0.25) is 9.00 Å². The number of benzene rings is 1. The van der Waals surface area contributed by atoms with E-state index in [4.69, 9.17) is 4.74 Å². The smallest absolute Gasteiger partial charge is 0.302 e. The maximum Gasteiger partial charge on any atom is 0.302 e. The molecular weight excluding hydrogens is 346 g/mol. The molecule has 0 saturated heterocycles. The van der Waals surface area contributed by atoms with Gasteiger partial charge in [-0.05, 0) is 13.3 Å². The fraction of sp³-hybridized carbons (Fsp3) is 0.312. The van der Waals surface area contributed by atoms with E-state index in [-0.39, 0.29) is 12.6 Å². The van der Waals surface area contributed by atoms with Crippen LogP contribution in [0.25, 0.3) is 16.2 Å². The minimum absolute atomic E-state index is 0.279. The molecule has 3 rings (SSSR count). The second kappa shape index (κ2) is 7.23. The van der Waals surface area contributed by atoms with E-state index in [0.29, 0.717) is 21.5 Å². The third kappa shape index (κ3) is 3.88. The highest BCUT2D eigenvalue weighted by molar-refractivity contribution is 7.87. The maximum atomic E-state index is 12.2. The van der Waals surface area contributed by atoms with Gasteiger partial charge >= 0.3 is 5.97 Å². The Bertz CT molecular complexity index is 852. The third-order valence-electron chi connectivity index (χ3n) is 3.35. The SMILES string of the molecule is CC(=O)OCCCS(=O)c1nn2cc(-c3ccc(C)cc3)nc2s1. The number of hydrogen-bond donors (Lipinski definition) is 0. The van der Waals surface area contributed by atoms with Crippen LogP contribution in [-0.2, 0) is 20.3 Å². The van der Waals surface area contributed by atoms with E-state index in [9.17, 15) is 9.00 Å². The number of rotatable bonds is 6. The van der Waals surface area contributed by atoms with Gasteiger partial charge in [-0.1, -0.05) is 41.2 Å². The molecule has 0 fully saturated rings. The Balaban J connectivity index is 1.69. The summed E-state index contributed by atoms with van der Waals surface area (Å²) < 4.78 is 19.3. The van der Waals surface area contributed by atoms with Gasteiger partial charge in [-0.25, -0.2) is 9.50 Å². The lowest BCUT2D eigenvalue weighted by Crippen LogP contribution is -2.05. The Morgan fingerprint density at radius 2 is 2.08 bits per heavy atom. The lowest BCUT2D eigenvalue weighted by Gasteiger charge is -2.00. The molecule has 3 aromatic rings. The monoisotopic (exact) mass is 363 g/mol. The zero-order chi connectivity index (χ0) is 17.1. The van der Waals surface area contributed by atoms with Crippen LogP contribution >= 0.6 is 11.3 Å². The highest BCUT2D eigenvalue weighted by atomic mass is 32.2. The Hall–Kier alpha value is -2.06. The van der Waals surface area contributed by atoms with Crippen LogP contribution in [0.15, 0.2) is 34.8 Å². The van der Waals surface area contributed by atoms with Crippen molar-refractivity contribution in [2.75, 3.05) is 12.4 Å². The largest absolute Gasteiger partial charge is 0.466 e. The number of imidazole rings is 1. The summed E-state index contributed by atoms with van der Waals surface area (Å²) in [5, 5.41) is 4.35. The summed E-state index contributed by atoms with van der Waals surface area (Å²) in [6.45, 7) is 3.68. The molecule has 6 nitrogen and oxygen atoms in total. The first-order valence-electron chi connectivity index (χ1n) is 7.48. The fourth-order valence-electron chi connectivity index (χ4n) is 2.13. The predicted molar refractivity (Wildman–Crippen MR) is 93.6 cm³/mol. The van der Waals surface area contributed by atoms with Crippen molar-refractivity contribution in [3.05, 3.63) is 36.0 Å². The summed E-state index contributed by atoms with van der Waals surface area (Å²) in [4.78, 5) is 16.0. The molecular formula is C16H17N3O3S2. The van der Waals surface area contributed by atoms with E-state index in [1.807, 2.05) is 37.4 Å². The second-order valence-corrected chi connectivity index (χ2v) is 8.03. The van der Waals surface area contributed by atoms with Crippen LogP contribution in [0.4, 0.5) is 0 Å². The van der Waals surface area contributed by atoms with Crippen molar-refractivity contribution in [1.82, 2.24) is 14.6 Å². The van der Waals surface area contributed by atoms with Crippen molar-refractivity contribution in [2.45, 2.75) is 24.6 Å². The van der Waals surface area contributed by atoms with Crippen LogP contribution in [0, 0.1) is 6.92 Å². The zero-order valence-corrected chi connectivity index (χ0v) is 15.0. The molecule has 0 aliphatic carbocycles. The van der Waals surface area contributed by atoms with Gasteiger partial charge in [0.2, 0.25) is 9.30 Å². The first kappa shape index (κ1) is 16.8. The van der Waals surface area contributed by atoms with Crippen LogP contribution in [0.5, 0.6) is 0 Å². The van der Waals surface area contributed by atoms with Crippen molar-refractivity contribution in [3.8, 4) is 11.3 Å². The van der Waals surface area contributed by atoms with Crippen LogP contribution in [0.1, 0.15) is 18.9 Å². The number of esters is 1. The molecule has 8 heteroatoms. The summed E-state index contributed by atoms with van der Waals surface area (Å²) in [5.41, 5.74) is 3.08. The average molecular weight is 363 g/mol. The number of nitrogens with zero attached hydrogens (tertiary/aromatic N) is 3. The molecule has 0 N–H and O–H groups in total. The molecule has 1 unspecified atom stereocenters. The van der Waals surface area contributed by atoms with Crippen molar-refractivity contribution < 1.29 is 13.7 Å². The molecule has 126 valence electrons. The second-order valence-electron chi connectivity index (χ2n) is 5.33. The standard InChI is InChI=1S/C16H17N3O3S2/c1-11-4-6-13(7-5-11)14-10-19-15(17-14)23-16(18-19)24(21)9-3-8-22-12(2)20/h4-7,10H,3,8-9H2,1-2H3. The number of ether oxygens (including phenoxy) is 1. The number of carbonyl (C=O) groups is 1. The zero-order valence-electron chi connectivity index (χ0n) is 13.4. The molecule has 2 aromatic heterocycles. The number of fused-ring (bicyclic) bond motifs is 1. The van der Waals surface area contributed by atoms with Gasteiger partial charge in [0.25, 0.3) is 0 Å². The number of carbonyl (C=O) groups excluding carboxylic acids is 1. The Morgan fingerprint density at radius 1 is 1.33 bits per heavy atom. The molecule has 0 radical (unpaired) electrons. The first-order valence-corrected chi connectivity index (χ1v) is 9.61. The summed E-state index contributed by atoms with van der Waals surface area (Å²) in [6, 6.07) is 8.13. The molecule has 0 amide bonds. The van der Waals surface area contributed by atoms with Gasteiger partial charge in [-0.15, -0.1) is 5.10 Å². The summed E-state index contributed by atoms with van der Waals surface area (Å²) in [5.74, 6) is 0.0894. The third-order valence-corrected chi connectivity index (χ3v) is 6.00. The van der Waals surface area contributed by atoms with E-state index >= 15 is 0 Å². The van der Waals surface area contributed by atoms with Crippen LogP contribution in [0.3, 0.4) is 0 Å². The normalized spacial score (nSPS) is 12.4. The van der Waals surface area contributed by atoms with Gasteiger partial charge in [0, 0.05) is 18.2 Å². The van der Waals surface area contributed by atoms with E-state index in [0.717, 1.165) is 11.3 Å². The number of aromatic nitrogens is 3. The highest BCUT2D eigenvalue weighted by Crippen LogP contribution is 2.24. The Labute approximate surface area is 145 Å². The molecule has 2 heterocycles. The van der Waals surface area contributed by atoms with E-state index in [1.54, 1.807) is 4.52 Å². The molecule has 0 bridgehead atoms. The van der Waals surface area contributed by atoms with Crippen molar-refractivity contribution in [1.29, 1.82) is 0 Å². The molecule has 1 aromatic carbocycles. The van der Waals surface area contributed by atoms with E-state index in [1.165, 1.54) is 23.8 Å². The highest BCUT2D eigenvalue weighted by Gasteiger charge is 2.14.